The summed E-state index contributed by atoms with van der Waals surface area (Å²) in [4.78, 5) is 44.1. The minimum atomic E-state index is -1.00. The van der Waals surface area contributed by atoms with E-state index in [0.29, 0.717) is 34.1 Å². The number of aliphatic carboxylic acids is 1. The first kappa shape index (κ1) is 28.4. The van der Waals surface area contributed by atoms with Crippen LogP contribution in [0.1, 0.15) is 50.7 Å². The Bertz CT molecular complexity index is 1440. The Balaban J connectivity index is 0.00000370. The lowest BCUT2D eigenvalue weighted by Crippen LogP contribution is -2.35. The highest BCUT2D eigenvalue weighted by Gasteiger charge is 2.35. The van der Waals surface area contributed by atoms with Crippen molar-refractivity contribution in [3.63, 3.8) is 0 Å². The number of aliphatic imine (C=N–C) groups is 1. The van der Waals surface area contributed by atoms with Gasteiger partial charge in [0.2, 0.25) is 0 Å². The fraction of sp³-hybridized carbons (Fsp3) is 0.241. The molecule has 0 bridgehead atoms. The molecule has 11 heteroatoms. The van der Waals surface area contributed by atoms with Crippen molar-refractivity contribution in [2.75, 3.05) is 30.8 Å². The zero-order chi connectivity index (χ0) is 27.4. The SMILES string of the molecule is COc1ccc(C(CC(=O)O)N2Cc3ccc(NC(=O)c4cccc(NC5=NCCCN5)c4)cc3C2=O)cc1.Cl. The maximum atomic E-state index is 13.4. The van der Waals surface area contributed by atoms with Gasteiger partial charge < -0.3 is 30.7 Å². The maximum absolute atomic E-state index is 13.4. The lowest BCUT2D eigenvalue weighted by atomic mass is 10.0. The largest absolute Gasteiger partial charge is 0.497 e. The van der Waals surface area contributed by atoms with Gasteiger partial charge in [0.25, 0.3) is 11.8 Å². The van der Waals surface area contributed by atoms with Crippen LogP contribution in [0.2, 0.25) is 0 Å². The molecule has 2 aliphatic heterocycles. The number of nitrogens with one attached hydrogen (secondary N) is 3. The third-order valence-electron chi connectivity index (χ3n) is 6.73. The molecule has 2 amide bonds. The zero-order valence-corrected chi connectivity index (χ0v) is 22.7. The Hall–Kier alpha value is -4.57. The predicted octanol–water partition coefficient (Wildman–Crippen LogP) is 4.30. The molecule has 1 unspecified atom stereocenters. The van der Waals surface area contributed by atoms with Crippen LogP contribution in [0.15, 0.2) is 71.7 Å². The molecule has 3 aromatic rings. The van der Waals surface area contributed by atoms with E-state index in [4.69, 9.17) is 4.74 Å². The van der Waals surface area contributed by atoms with Crippen molar-refractivity contribution in [1.82, 2.24) is 10.2 Å². The Labute approximate surface area is 237 Å². The van der Waals surface area contributed by atoms with Crippen molar-refractivity contribution in [1.29, 1.82) is 0 Å². The summed E-state index contributed by atoms with van der Waals surface area (Å²) in [5, 5.41) is 18.8. The summed E-state index contributed by atoms with van der Waals surface area (Å²) >= 11 is 0. The molecule has 10 nitrogen and oxygen atoms in total. The highest BCUT2D eigenvalue weighted by atomic mass is 35.5. The van der Waals surface area contributed by atoms with Crippen LogP contribution in [0.5, 0.6) is 5.75 Å². The first-order chi connectivity index (χ1) is 18.9. The Morgan fingerprint density at radius 2 is 1.90 bits per heavy atom. The molecule has 0 radical (unpaired) electrons. The summed E-state index contributed by atoms with van der Waals surface area (Å²) in [6.45, 7) is 1.87. The Kier molecular flexibility index (Phi) is 8.90. The minimum absolute atomic E-state index is 0. The van der Waals surface area contributed by atoms with E-state index in [1.807, 2.05) is 6.07 Å². The van der Waals surface area contributed by atoms with Gasteiger partial charge in [0.1, 0.15) is 5.75 Å². The van der Waals surface area contributed by atoms with Gasteiger partial charge in [-0.15, -0.1) is 12.4 Å². The molecule has 3 aromatic carbocycles. The normalized spacial score (nSPS) is 14.7. The second-order valence-corrected chi connectivity index (χ2v) is 9.36. The summed E-state index contributed by atoms with van der Waals surface area (Å²) in [6.07, 6.45) is 0.748. The van der Waals surface area contributed by atoms with Gasteiger partial charge in [-0.25, -0.2) is 0 Å². The van der Waals surface area contributed by atoms with Crippen molar-refractivity contribution in [3.8, 4) is 5.75 Å². The maximum Gasteiger partial charge on any atom is 0.305 e. The number of carbonyl (C=O) groups excluding carboxylic acids is 2. The van der Waals surface area contributed by atoms with Crippen molar-refractivity contribution < 1.29 is 24.2 Å². The number of anilines is 2. The van der Waals surface area contributed by atoms with E-state index in [1.165, 1.54) is 0 Å². The van der Waals surface area contributed by atoms with Crippen LogP contribution >= 0.6 is 12.4 Å². The summed E-state index contributed by atoms with van der Waals surface area (Å²) < 4.78 is 5.20. The molecule has 0 spiro atoms. The number of rotatable bonds is 8. The van der Waals surface area contributed by atoms with Gasteiger partial charge in [-0.3, -0.25) is 19.4 Å². The van der Waals surface area contributed by atoms with Crippen molar-refractivity contribution in [2.45, 2.75) is 25.4 Å². The van der Waals surface area contributed by atoms with E-state index < -0.39 is 12.0 Å². The van der Waals surface area contributed by atoms with Gasteiger partial charge in [-0.2, -0.15) is 0 Å². The summed E-state index contributed by atoms with van der Waals surface area (Å²) in [5.41, 5.74) is 3.58. The van der Waals surface area contributed by atoms with Crippen LogP contribution in [0.25, 0.3) is 0 Å². The number of halogens is 1. The summed E-state index contributed by atoms with van der Waals surface area (Å²) in [7, 11) is 1.55. The number of amides is 2. The molecule has 208 valence electrons. The molecule has 0 saturated heterocycles. The van der Waals surface area contributed by atoms with Crippen LogP contribution in [0.4, 0.5) is 11.4 Å². The van der Waals surface area contributed by atoms with Crippen LogP contribution in [0, 0.1) is 0 Å². The number of benzene rings is 3. The molecule has 5 rings (SSSR count). The van der Waals surface area contributed by atoms with Gasteiger partial charge >= 0.3 is 5.97 Å². The molecule has 2 heterocycles. The molecule has 0 aliphatic carbocycles. The lowest BCUT2D eigenvalue weighted by Gasteiger charge is -2.27. The highest BCUT2D eigenvalue weighted by Crippen LogP contribution is 2.35. The number of guanidine groups is 1. The number of carboxylic acid groups (broad SMARTS) is 1. The third kappa shape index (κ3) is 6.35. The second kappa shape index (κ2) is 12.5. The van der Waals surface area contributed by atoms with E-state index in [-0.39, 0.29) is 37.2 Å². The molecule has 0 saturated carbocycles. The first-order valence-electron chi connectivity index (χ1n) is 12.7. The highest BCUT2D eigenvalue weighted by molar-refractivity contribution is 6.07. The third-order valence-corrected chi connectivity index (χ3v) is 6.73. The topological polar surface area (TPSA) is 132 Å². The van der Waals surface area contributed by atoms with E-state index in [2.05, 4.69) is 20.9 Å². The zero-order valence-electron chi connectivity index (χ0n) is 21.8. The van der Waals surface area contributed by atoms with Crippen LogP contribution in [-0.2, 0) is 11.3 Å². The number of carbonyl (C=O) groups is 3. The predicted molar refractivity (Wildman–Crippen MR) is 154 cm³/mol. The summed E-state index contributed by atoms with van der Waals surface area (Å²) in [6, 6.07) is 18.7. The van der Waals surface area contributed by atoms with Crippen LogP contribution in [0.3, 0.4) is 0 Å². The van der Waals surface area contributed by atoms with Crippen molar-refractivity contribution in [3.05, 3.63) is 89.0 Å². The Morgan fingerprint density at radius 3 is 2.60 bits per heavy atom. The number of hydrogen-bond donors (Lipinski definition) is 4. The van der Waals surface area contributed by atoms with Gasteiger partial charge in [0, 0.05) is 42.1 Å². The smallest absolute Gasteiger partial charge is 0.305 e. The molecule has 2 aliphatic rings. The fourth-order valence-electron chi connectivity index (χ4n) is 4.75. The van der Waals surface area contributed by atoms with Gasteiger partial charge in [-0.05, 0) is 60.0 Å². The average Bonchev–Trinajstić information content (AvgIpc) is 3.27. The number of carboxylic acids is 1. The molecular formula is C29H30ClN5O5. The van der Waals surface area contributed by atoms with Crippen molar-refractivity contribution in [2.24, 2.45) is 4.99 Å². The fourth-order valence-corrected chi connectivity index (χ4v) is 4.75. The number of ether oxygens (including phenoxy) is 1. The first-order valence-corrected chi connectivity index (χ1v) is 12.7. The molecule has 0 fully saturated rings. The molecule has 0 aromatic heterocycles. The molecule has 1 atom stereocenters. The lowest BCUT2D eigenvalue weighted by molar-refractivity contribution is -0.138. The molecule has 40 heavy (non-hydrogen) atoms. The van der Waals surface area contributed by atoms with E-state index in [9.17, 15) is 19.5 Å². The average molecular weight is 564 g/mol. The quantitative estimate of drug-likeness (QED) is 0.321. The Morgan fingerprint density at radius 1 is 1.10 bits per heavy atom. The molecular weight excluding hydrogens is 534 g/mol. The van der Waals surface area contributed by atoms with Crippen LogP contribution < -0.4 is 20.7 Å². The van der Waals surface area contributed by atoms with E-state index in [1.54, 1.807) is 72.7 Å². The monoisotopic (exact) mass is 563 g/mol. The standard InChI is InChI=1S/C29H29N5O5.ClH/c1-39-23-10-7-18(8-11-23)25(16-26(35)36)34-17-20-6-9-22(15-24(20)28(34)38)32-27(37)19-4-2-5-21(14-19)33-29-30-12-3-13-31-29;/h2,4-11,14-15,25H,3,12-13,16-17H2,1H3,(H,32,37)(H,35,36)(H2,30,31,33);1H. The number of fused-ring (bicyclic) bond motifs is 1. The summed E-state index contributed by atoms with van der Waals surface area (Å²) in [5.74, 6) is -0.284. The number of nitrogens with zero attached hydrogens (tertiary/aromatic N) is 2. The number of methoxy groups -OCH3 is 1. The second-order valence-electron chi connectivity index (χ2n) is 9.36. The van der Waals surface area contributed by atoms with E-state index >= 15 is 0 Å². The van der Waals surface area contributed by atoms with Gasteiger partial charge in [0.15, 0.2) is 5.96 Å². The van der Waals surface area contributed by atoms with Crippen molar-refractivity contribution >= 4 is 47.5 Å². The number of hydrogen-bond acceptors (Lipinski definition) is 7. The van der Waals surface area contributed by atoms with Crippen LogP contribution in [-0.4, -0.2) is 53.9 Å². The molecule has 4 N–H and O–H groups in total. The van der Waals surface area contributed by atoms with E-state index in [0.717, 1.165) is 30.8 Å². The van der Waals surface area contributed by atoms with Gasteiger partial charge in [0.05, 0.1) is 19.6 Å². The van der Waals surface area contributed by atoms with Gasteiger partial charge in [-0.1, -0.05) is 24.3 Å². The minimum Gasteiger partial charge on any atom is -0.497 e.